The average Bonchev–Trinajstić information content (AvgIpc) is 3.16. The second-order valence-electron chi connectivity index (χ2n) is 7.60. The maximum Gasteiger partial charge on any atom is 1.00 e. The first-order valence-electron chi connectivity index (χ1n) is 10.7. The maximum atomic E-state index is 10.7. The van der Waals surface area contributed by atoms with Gasteiger partial charge in [0.15, 0.2) is 16.2 Å². The Kier molecular flexibility index (Phi) is 16.0. The van der Waals surface area contributed by atoms with E-state index in [-0.39, 0.29) is 19.5 Å². The van der Waals surface area contributed by atoms with Crippen LogP contribution in [-0.4, -0.2) is 18.5 Å². The topological polar surface area (TPSA) is 114 Å². The van der Waals surface area contributed by atoms with Gasteiger partial charge in [0.25, 0.3) is 0 Å². The van der Waals surface area contributed by atoms with E-state index >= 15 is 0 Å². The van der Waals surface area contributed by atoms with Gasteiger partial charge in [0.2, 0.25) is 0 Å². The fourth-order valence-electron chi connectivity index (χ4n) is 3.79. The fourth-order valence-corrected chi connectivity index (χ4v) is 3.79. The summed E-state index contributed by atoms with van der Waals surface area (Å²) in [5, 5.41) is 2.31. The molecule has 11 heteroatoms. The monoisotopic (exact) mass is 644 g/mol. The Morgan fingerprint density at radius 1 is 0.692 bits per heavy atom. The second kappa shape index (κ2) is 17.2. The van der Waals surface area contributed by atoms with Gasteiger partial charge in [-0.05, 0) is 23.3 Å². The molecule has 6 radical (unpaired) electrons. The minimum absolute atomic E-state index is 0. The molecule has 3 aromatic carbocycles. The van der Waals surface area contributed by atoms with E-state index in [0.717, 1.165) is 0 Å². The van der Waals surface area contributed by atoms with Crippen LogP contribution in [0.1, 0.15) is 25.0 Å². The van der Waals surface area contributed by atoms with E-state index in [4.69, 9.17) is 22.3 Å². The van der Waals surface area contributed by atoms with Gasteiger partial charge in [-0.25, -0.2) is 8.42 Å². The molecule has 1 aliphatic carbocycles. The number of halogens is 3. The maximum absolute atomic E-state index is 10.7. The first-order chi connectivity index (χ1) is 18.0. The van der Waals surface area contributed by atoms with Crippen molar-refractivity contribution < 1.29 is 60.2 Å². The van der Waals surface area contributed by atoms with E-state index in [0.29, 0.717) is 0 Å². The molecule has 1 saturated carbocycles. The molecule has 6 nitrogen and oxygen atoms in total. The molecule has 0 spiro atoms. The summed E-state index contributed by atoms with van der Waals surface area (Å²) in [5.41, 5.74) is -1.85. The third-order valence-electron chi connectivity index (χ3n) is 5.33. The molecular formula is C28H23F3NO5RuS+. The van der Waals surface area contributed by atoms with Crippen LogP contribution in [0.5, 0.6) is 0 Å². The molecule has 1 fully saturated rings. The molecule has 0 bridgehead atoms. The summed E-state index contributed by atoms with van der Waals surface area (Å²) in [5.74, 6) is 5.38. The Balaban J connectivity index is 0.000000954. The largest absolute Gasteiger partial charge is 1.00 e. The van der Waals surface area contributed by atoms with Crippen molar-refractivity contribution in [1.29, 1.82) is 0 Å². The zero-order valence-corrected chi connectivity index (χ0v) is 23.2. The van der Waals surface area contributed by atoms with Crippen LogP contribution in [0.4, 0.5) is 18.9 Å². The number of nitrogens with two attached hydrogens (primary N) is 1. The molecule has 0 unspecified atom stereocenters. The zero-order valence-electron chi connectivity index (χ0n) is 20.7. The third kappa shape index (κ3) is 10.2. The fraction of sp³-hybridized carbons (Fsp3) is 0.107. The van der Waals surface area contributed by atoms with Crippen LogP contribution in [0.25, 0.3) is 0 Å². The molecule has 0 aliphatic heterocycles. The summed E-state index contributed by atoms with van der Waals surface area (Å²) < 4.78 is 73.9. The zero-order chi connectivity index (χ0) is 28.9. The Bertz CT molecular complexity index is 1180. The number of hydrogen-bond donors (Lipinski definition) is 1. The van der Waals surface area contributed by atoms with Gasteiger partial charge in [-0.15, -0.1) is 0 Å². The van der Waals surface area contributed by atoms with Crippen LogP contribution < -0.4 is 5.32 Å². The number of rotatable bonds is 4. The van der Waals surface area contributed by atoms with E-state index < -0.39 is 15.6 Å². The number of alkyl halides is 3. The van der Waals surface area contributed by atoms with Crippen LogP contribution >= 0.6 is 0 Å². The molecule has 204 valence electrons. The van der Waals surface area contributed by atoms with Crippen LogP contribution in [-0.2, 0) is 38.9 Å². The number of hydrogen-bond acceptors (Lipinski definition) is 3. The third-order valence-corrected chi connectivity index (χ3v) is 5.89. The van der Waals surface area contributed by atoms with Gasteiger partial charge in [0, 0.05) is 11.8 Å². The van der Waals surface area contributed by atoms with Gasteiger partial charge < -0.3 is 9.87 Å². The van der Waals surface area contributed by atoms with Crippen LogP contribution in [0.3, 0.4) is 0 Å². The summed E-state index contributed by atoms with van der Waals surface area (Å²) in [6.07, 6.45) is 0. The summed E-state index contributed by atoms with van der Waals surface area (Å²) in [6.45, 7) is 13.5. The van der Waals surface area contributed by atoms with E-state index in [9.17, 15) is 13.2 Å². The molecule has 4 rings (SSSR count). The summed E-state index contributed by atoms with van der Waals surface area (Å²) in [4.78, 5) is 0. The Hall–Kier alpha value is -2.58. The van der Waals surface area contributed by atoms with Gasteiger partial charge in [0.05, 0.1) is 11.8 Å². The molecule has 0 atom stereocenters. The SMILES string of the molecule is C[C]1[C]([NH2+]c2ccccc2)[C](C)[C](c2ccccc2)[C]1c1ccccc1.O=S(=O)([O-])C(F)(F)F.[C-]#[O+].[C-]#[O+].[Ru+]. The van der Waals surface area contributed by atoms with Gasteiger partial charge in [-0.1, -0.05) is 92.7 Å². The number of benzene rings is 3. The van der Waals surface area contributed by atoms with Crippen molar-refractivity contribution in [2.45, 2.75) is 19.4 Å². The minimum atomic E-state index is -6.09. The van der Waals surface area contributed by atoms with E-state index in [1.165, 1.54) is 46.5 Å². The first kappa shape index (κ1) is 36.4. The van der Waals surface area contributed by atoms with E-state index in [1.54, 1.807) is 0 Å². The predicted octanol–water partition coefficient (Wildman–Crippen LogP) is 4.84. The Morgan fingerprint density at radius 3 is 1.26 bits per heavy atom. The van der Waals surface area contributed by atoms with Gasteiger partial charge in [-0.2, -0.15) is 13.2 Å². The minimum Gasteiger partial charge on any atom is 1.00 e. The van der Waals surface area contributed by atoms with E-state index in [1.807, 2.05) is 0 Å². The van der Waals surface area contributed by atoms with Crippen molar-refractivity contribution in [3.8, 4) is 0 Å². The molecule has 1 aliphatic rings. The number of para-hydroxylation sites is 1. The average molecular weight is 644 g/mol. The van der Waals surface area contributed by atoms with Gasteiger partial charge in [-0.3, -0.25) is 0 Å². The number of quaternary nitrogens is 1. The van der Waals surface area contributed by atoms with Crippen molar-refractivity contribution in [2.24, 2.45) is 0 Å². The van der Waals surface area contributed by atoms with Crippen LogP contribution in [0, 0.1) is 43.0 Å². The summed E-state index contributed by atoms with van der Waals surface area (Å²) in [7, 11) is -6.09. The summed E-state index contributed by atoms with van der Waals surface area (Å²) in [6, 6.07) is 33.4. The van der Waals surface area contributed by atoms with Crippen molar-refractivity contribution in [3.05, 3.63) is 145 Å². The Morgan fingerprint density at radius 2 is 0.974 bits per heavy atom. The van der Waals surface area contributed by atoms with Crippen molar-refractivity contribution in [2.75, 3.05) is 0 Å². The molecule has 0 heterocycles. The van der Waals surface area contributed by atoms with Gasteiger partial charge >= 0.3 is 47.6 Å². The van der Waals surface area contributed by atoms with Crippen LogP contribution in [0.15, 0.2) is 91.0 Å². The van der Waals surface area contributed by atoms with Crippen molar-refractivity contribution in [1.82, 2.24) is 0 Å². The summed E-state index contributed by atoms with van der Waals surface area (Å²) >= 11 is 0. The van der Waals surface area contributed by atoms with Crippen molar-refractivity contribution >= 4 is 15.8 Å². The normalized spacial score (nSPS) is 14.8. The van der Waals surface area contributed by atoms with Gasteiger partial charge in [0.1, 0.15) is 5.69 Å². The molecule has 3 aromatic rings. The molecule has 2 N–H and O–H groups in total. The quantitative estimate of drug-likeness (QED) is 0.110. The van der Waals surface area contributed by atoms with E-state index in [2.05, 4.69) is 123 Å². The molecule has 39 heavy (non-hydrogen) atoms. The molecule has 0 amide bonds. The smallest absolute Gasteiger partial charge is 1.00 e. The van der Waals surface area contributed by atoms with Crippen molar-refractivity contribution in [3.63, 3.8) is 0 Å². The predicted molar refractivity (Wildman–Crippen MR) is 130 cm³/mol. The molecule has 0 saturated heterocycles. The second-order valence-corrected chi connectivity index (χ2v) is 8.97. The Labute approximate surface area is 240 Å². The first-order valence-corrected chi connectivity index (χ1v) is 12.1. The molecular weight excluding hydrogens is 620 g/mol. The molecule has 0 aromatic heterocycles. The standard InChI is InChI=1S/C25H23N.CHF3O3S.2CO.Ru/c1-18-23(20-12-6-3-7-13-20)24(21-14-8-4-9-15-21)19(2)25(18)26-22-16-10-5-11-17-22;2-1(3,4)8(5,6)7;2*1-2;/h3-17H,26H2,1-2H3;(H,5,6,7);;;/q+1;;;;+1/p-1. The van der Waals surface area contributed by atoms with Crippen LogP contribution in [0.2, 0.25) is 0 Å².